The lowest BCUT2D eigenvalue weighted by atomic mass is 9.88. The molecule has 1 aliphatic carbocycles. The Labute approximate surface area is 113 Å². The van der Waals surface area contributed by atoms with Gasteiger partial charge in [-0.25, -0.2) is 0 Å². The number of fused-ring (bicyclic) bond motifs is 1. The van der Waals surface area contributed by atoms with Gasteiger partial charge in [0.1, 0.15) is 12.7 Å². The van der Waals surface area contributed by atoms with Gasteiger partial charge in [0.2, 0.25) is 0 Å². The van der Waals surface area contributed by atoms with Gasteiger partial charge < -0.3 is 14.8 Å². The fraction of sp³-hybridized carbons (Fsp3) is 0.615. The highest BCUT2D eigenvalue weighted by molar-refractivity contribution is 5.92. The van der Waals surface area contributed by atoms with Gasteiger partial charge >= 0.3 is 0 Å². The van der Waals surface area contributed by atoms with Gasteiger partial charge in [0.15, 0.2) is 5.78 Å². The Morgan fingerprint density at radius 3 is 2.89 bits per heavy atom. The van der Waals surface area contributed by atoms with Crippen LogP contribution < -0.4 is 5.32 Å². The van der Waals surface area contributed by atoms with E-state index in [1.807, 2.05) is 12.2 Å². The van der Waals surface area contributed by atoms with Crippen LogP contribution in [0.25, 0.3) is 0 Å². The van der Waals surface area contributed by atoms with Crippen LogP contribution in [0.3, 0.4) is 0 Å². The molecule has 1 fully saturated rings. The van der Waals surface area contributed by atoms with E-state index in [-0.39, 0.29) is 36.3 Å². The number of Topliss-reactive ketones (excluding diaryl/α,β-unsaturated/α-hetero) is 1. The normalized spacial score (nSPS) is 31.3. The number of ether oxygens (including phenoxy) is 2. The summed E-state index contributed by atoms with van der Waals surface area (Å²) in [4.78, 5) is 12.2. The van der Waals surface area contributed by atoms with Crippen molar-refractivity contribution < 1.29 is 14.3 Å². The van der Waals surface area contributed by atoms with Crippen LogP contribution in [-0.2, 0) is 14.3 Å². The number of nitrogens with one attached hydrogen (secondary N) is 1. The highest BCUT2D eigenvalue weighted by Gasteiger charge is 2.36. The molecule has 1 N–H and O–H groups in total. The van der Waals surface area contributed by atoms with E-state index in [2.05, 4.69) is 5.32 Å². The van der Waals surface area contributed by atoms with Crippen LogP contribution in [-0.4, -0.2) is 37.7 Å². The molecule has 0 amide bonds. The summed E-state index contributed by atoms with van der Waals surface area (Å²) in [5.41, 5.74) is 0.986. The lowest BCUT2D eigenvalue weighted by Crippen LogP contribution is -2.40. The first-order valence-electron chi connectivity index (χ1n) is 6.24. The average molecular weight is 272 g/mol. The molecule has 0 radical (unpaired) electrons. The van der Waals surface area contributed by atoms with Gasteiger partial charge in [-0.3, -0.25) is 4.79 Å². The standard InChI is InChI=1S/C13H17NO3.ClH/c15-13-11-8-16-7-9(11)1-2-12(13)17-10-3-5-14-6-4-10;/h1-2,7,10-12,14H,3-6,8H2;1H. The summed E-state index contributed by atoms with van der Waals surface area (Å²) in [6.45, 7) is 2.44. The Bertz CT molecular complexity index is 374. The maximum atomic E-state index is 12.2. The summed E-state index contributed by atoms with van der Waals surface area (Å²) in [6.07, 6.45) is 7.32. The van der Waals surface area contributed by atoms with Crippen molar-refractivity contribution in [3.63, 3.8) is 0 Å². The molecule has 3 aliphatic rings. The van der Waals surface area contributed by atoms with Crippen LogP contribution >= 0.6 is 12.4 Å². The molecule has 18 heavy (non-hydrogen) atoms. The van der Waals surface area contributed by atoms with Gasteiger partial charge in [-0.2, -0.15) is 0 Å². The Morgan fingerprint density at radius 1 is 1.33 bits per heavy atom. The predicted octanol–water partition coefficient (Wildman–Crippen LogP) is 1.21. The van der Waals surface area contributed by atoms with E-state index in [4.69, 9.17) is 9.47 Å². The number of hydrogen-bond donors (Lipinski definition) is 1. The lowest BCUT2D eigenvalue weighted by Gasteiger charge is -2.28. The zero-order chi connectivity index (χ0) is 11.7. The zero-order valence-electron chi connectivity index (χ0n) is 10.1. The summed E-state index contributed by atoms with van der Waals surface area (Å²) in [5, 5.41) is 3.29. The van der Waals surface area contributed by atoms with E-state index in [1.54, 1.807) is 6.26 Å². The van der Waals surface area contributed by atoms with Crippen LogP contribution in [0.1, 0.15) is 12.8 Å². The van der Waals surface area contributed by atoms with Crippen LogP contribution in [0, 0.1) is 5.92 Å². The molecule has 0 aromatic heterocycles. The number of ketones is 1. The van der Waals surface area contributed by atoms with Crippen molar-refractivity contribution in [3.8, 4) is 0 Å². The molecule has 0 bridgehead atoms. The van der Waals surface area contributed by atoms with Crippen LogP contribution in [0.4, 0.5) is 0 Å². The molecule has 2 aliphatic heterocycles. The molecule has 100 valence electrons. The number of rotatable bonds is 2. The fourth-order valence-corrected chi connectivity index (χ4v) is 2.56. The van der Waals surface area contributed by atoms with Crippen LogP contribution in [0.2, 0.25) is 0 Å². The fourth-order valence-electron chi connectivity index (χ4n) is 2.56. The van der Waals surface area contributed by atoms with E-state index in [0.29, 0.717) is 6.61 Å². The Balaban J connectivity index is 0.00000120. The Kier molecular flexibility index (Phi) is 4.43. The number of carbonyl (C=O) groups excluding carboxylic acids is 1. The highest BCUT2D eigenvalue weighted by atomic mass is 35.5. The second kappa shape index (κ2) is 5.87. The number of halogens is 1. The maximum Gasteiger partial charge on any atom is 0.176 e. The summed E-state index contributed by atoms with van der Waals surface area (Å²) < 4.78 is 11.1. The third-order valence-corrected chi connectivity index (χ3v) is 3.60. The van der Waals surface area contributed by atoms with Gasteiger partial charge in [-0.1, -0.05) is 6.08 Å². The van der Waals surface area contributed by atoms with Gasteiger partial charge in [-0.15, -0.1) is 12.4 Å². The minimum absolute atomic E-state index is 0. The number of allylic oxidation sites excluding steroid dienone is 1. The molecule has 2 heterocycles. The predicted molar refractivity (Wildman–Crippen MR) is 69.7 cm³/mol. The molecular formula is C13H18ClNO3. The van der Waals surface area contributed by atoms with Crippen molar-refractivity contribution >= 4 is 18.2 Å². The van der Waals surface area contributed by atoms with Gasteiger partial charge in [-0.05, 0) is 32.0 Å². The maximum absolute atomic E-state index is 12.2. The number of hydrogen-bond acceptors (Lipinski definition) is 4. The van der Waals surface area contributed by atoms with Crippen LogP contribution in [0.5, 0.6) is 0 Å². The van der Waals surface area contributed by atoms with Crippen molar-refractivity contribution in [2.45, 2.75) is 25.0 Å². The van der Waals surface area contributed by atoms with Gasteiger partial charge in [0.25, 0.3) is 0 Å². The smallest absolute Gasteiger partial charge is 0.176 e. The topological polar surface area (TPSA) is 47.6 Å². The molecule has 0 aromatic carbocycles. The molecule has 3 rings (SSSR count). The van der Waals surface area contributed by atoms with Gasteiger partial charge in [0, 0.05) is 5.57 Å². The summed E-state index contributed by atoms with van der Waals surface area (Å²) >= 11 is 0. The first-order chi connectivity index (χ1) is 8.34. The van der Waals surface area contributed by atoms with Crippen molar-refractivity contribution in [2.75, 3.05) is 19.7 Å². The molecular weight excluding hydrogens is 254 g/mol. The monoisotopic (exact) mass is 271 g/mol. The van der Waals surface area contributed by atoms with Crippen LogP contribution in [0.15, 0.2) is 24.0 Å². The van der Waals surface area contributed by atoms with Crippen molar-refractivity contribution in [1.82, 2.24) is 5.32 Å². The van der Waals surface area contributed by atoms with Crippen molar-refractivity contribution in [1.29, 1.82) is 0 Å². The lowest BCUT2D eigenvalue weighted by molar-refractivity contribution is -0.135. The van der Waals surface area contributed by atoms with E-state index >= 15 is 0 Å². The minimum Gasteiger partial charge on any atom is -0.500 e. The summed E-state index contributed by atoms with van der Waals surface area (Å²) in [7, 11) is 0. The number of carbonyl (C=O) groups is 1. The average Bonchev–Trinajstić information content (AvgIpc) is 2.83. The minimum atomic E-state index is -0.373. The van der Waals surface area contributed by atoms with E-state index in [1.165, 1.54) is 0 Å². The molecule has 2 atom stereocenters. The Morgan fingerprint density at radius 2 is 2.11 bits per heavy atom. The molecule has 2 unspecified atom stereocenters. The van der Waals surface area contributed by atoms with E-state index in [0.717, 1.165) is 31.5 Å². The molecule has 1 saturated heterocycles. The SMILES string of the molecule is Cl.O=C1C(OC2CCNCC2)C=CC2=COCC12. The highest BCUT2D eigenvalue weighted by Crippen LogP contribution is 2.28. The molecule has 0 saturated carbocycles. The summed E-state index contributed by atoms with van der Waals surface area (Å²) in [6, 6.07) is 0. The Hall–Kier alpha value is -0.840. The third-order valence-electron chi connectivity index (χ3n) is 3.60. The van der Waals surface area contributed by atoms with E-state index in [9.17, 15) is 4.79 Å². The molecule has 4 nitrogen and oxygen atoms in total. The zero-order valence-corrected chi connectivity index (χ0v) is 10.9. The molecule has 5 heteroatoms. The third kappa shape index (κ3) is 2.60. The largest absolute Gasteiger partial charge is 0.500 e. The molecule has 0 aromatic rings. The quantitative estimate of drug-likeness (QED) is 0.820. The van der Waals surface area contributed by atoms with Gasteiger partial charge in [0.05, 0.1) is 18.3 Å². The first kappa shape index (κ1) is 13.6. The first-order valence-corrected chi connectivity index (χ1v) is 6.24. The summed E-state index contributed by atoms with van der Waals surface area (Å²) in [5.74, 6) is 0.0431. The second-order valence-corrected chi connectivity index (χ2v) is 4.77. The van der Waals surface area contributed by atoms with Crippen molar-refractivity contribution in [3.05, 3.63) is 24.0 Å². The number of piperidine rings is 1. The molecule has 0 spiro atoms. The second-order valence-electron chi connectivity index (χ2n) is 4.77. The van der Waals surface area contributed by atoms with E-state index < -0.39 is 0 Å². The van der Waals surface area contributed by atoms with Crippen molar-refractivity contribution in [2.24, 2.45) is 5.92 Å².